The summed E-state index contributed by atoms with van der Waals surface area (Å²) in [5.41, 5.74) is 3.82. The van der Waals surface area contributed by atoms with Gasteiger partial charge in [0.2, 0.25) is 17.7 Å². The summed E-state index contributed by atoms with van der Waals surface area (Å²) in [7, 11) is 1.36. The molecule has 2 aromatic rings. The number of unbranched alkanes of at least 4 members (excludes halogenated alkanes) is 3. The van der Waals surface area contributed by atoms with Crippen molar-refractivity contribution in [3.05, 3.63) is 35.0 Å². The normalized spacial score (nSPS) is 18.8. The van der Waals surface area contributed by atoms with E-state index in [1.54, 1.807) is 23.8 Å². The highest BCUT2D eigenvalue weighted by Gasteiger charge is 2.42. The number of nitrogens with one attached hydrogen (secondary N) is 2. The largest absolute Gasteiger partial charge is 0.487 e. The van der Waals surface area contributed by atoms with Crippen LogP contribution in [0.5, 0.6) is 5.75 Å². The third kappa shape index (κ3) is 8.15. The molecule has 0 radical (unpaired) electrons. The van der Waals surface area contributed by atoms with Crippen LogP contribution in [0.2, 0.25) is 0 Å². The van der Waals surface area contributed by atoms with E-state index >= 15 is 0 Å². The number of β-amino-alcohol motifs (C(OH)–C–C–N with tert-alkyl or cyclic N) is 1. The highest BCUT2D eigenvalue weighted by atomic mass is 32.1. The molecule has 1 fully saturated rings. The van der Waals surface area contributed by atoms with Crippen molar-refractivity contribution in [1.29, 1.82) is 0 Å². The molecular weight excluding hydrogens is 584 g/mol. The number of ether oxygens (including phenoxy) is 2. The molecule has 11 nitrogen and oxygen atoms in total. The van der Waals surface area contributed by atoms with Gasteiger partial charge in [0, 0.05) is 31.4 Å². The van der Waals surface area contributed by atoms with E-state index in [2.05, 4.69) is 20.4 Å². The Hall–Kier alpha value is -3.51. The van der Waals surface area contributed by atoms with Crippen LogP contribution in [0.3, 0.4) is 0 Å². The van der Waals surface area contributed by atoms with E-state index in [1.165, 1.54) is 12.0 Å². The molecule has 240 valence electrons. The van der Waals surface area contributed by atoms with Crippen molar-refractivity contribution in [3.8, 4) is 16.2 Å². The number of methoxy groups -OCH3 is 1. The molecule has 2 aliphatic heterocycles. The van der Waals surface area contributed by atoms with Crippen LogP contribution in [0.15, 0.2) is 23.7 Å². The number of nitrogens with zero attached hydrogens (tertiary/aromatic N) is 2. The summed E-state index contributed by atoms with van der Waals surface area (Å²) in [6.45, 7) is 7.86. The molecule has 1 aromatic heterocycles. The standard InChI is InChI=1S/C32H44N4O7S/c1-19(20-12-13-22-24(14-20)43-17-23-28(22)44-18-33-23)30(40)34-25-15-21(37)16-36(25)31(41)29(32(2,3)4)35-26(38)10-8-6-7-9-11-27(39)42-5/h12-14,18-19,21,25,29,37H,6-11,15-17H2,1-5H3,(H,34,40)(H,35,38)/t19-,21+,25-,29+/m0/s1. The number of benzene rings is 1. The maximum absolute atomic E-state index is 13.8. The van der Waals surface area contributed by atoms with Gasteiger partial charge in [-0.05, 0) is 42.9 Å². The topological polar surface area (TPSA) is 147 Å². The number of carbonyl (C=O) groups is 4. The second-order valence-corrected chi connectivity index (χ2v) is 13.5. The number of aromatic nitrogens is 1. The van der Waals surface area contributed by atoms with Gasteiger partial charge in [0.15, 0.2) is 0 Å². The lowest BCUT2D eigenvalue weighted by Gasteiger charge is -2.36. The second kappa shape index (κ2) is 14.5. The first-order valence-electron chi connectivity index (χ1n) is 15.2. The molecule has 3 N–H and O–H groups in total. The van der Waals surface area contributed by atoms with E-state index in [9.17, 15) is 24.3 Å². The minimum Gasteiger partial charge on any atom is -0.487 e. The highest BCUT2D eigenvalue weighted by Crippen LogP contribution is 2.41. The quantitative estimate of drug-likeness (QED) is 0.237. The predicted molar refractivity (Wildman–Crippen MR) is 166 cm³/mol. The first-order chi connectivity index (χ1) is 20.9. The molecule has 0 aliphatic carbocycles. The zero-order valence-electron chi connectivity index (χ0n) is 26.2. The van der Waals surface area contributed by atoms with E-state index in [0.717, 1.165) is 34.5 Å². The number of fused-ring (bicyclic) bond motifs is 3. The summed E-state index contributed by atoms with van der Waals surface area (Å²) in [6, 6.07) is 4.88. The Bertz CT molecular complexity index is 1350. The Morgan fingerprint density at radius 3 is 2.59 bits per heavy atom. The lowest BCUT2D eigenvalue weighted by Crippen LogP contribution is -2.58. The monoisotopic (exact) mass is 628 g/mol. The number of aliphatic hydroxyl groups is 1. The average molecular weight is 629 g/mol. The molecular formula is C32H44N4O7S. The Kier molecular flexibility index (Phi) is 11.0. The van der Waals surface area contributed by atoms with Gasteiger partial charge < -0.3 is 30.1 Å². The molecule has 4 atom stereocenters. The van der Waals surface area contributed by atoms with Crippen LogP contribution in [-0.2, 0) is 30.5 Å². The van der Waals surface area contributed by atoms with Gasteiger partial charge in [-0.1, -0.05) is 39.7 Å². The maximum atomic E-state index is 13.8. The predicted octanol–water partition coefficient (Wildman–Crippen LogP) is 3.89. The van der Waals surface area contributed by atoms with Crippen molar-refractivity contribution in [2.24, 2.45) is 5.41 Å². The lowest BCUT2D eigenvalue weighted by atomic mass is 9.85. The van der Waals surface area contributed by atoms with E-state index in [4.69, 9.17) is 4.74 Å². The number of esters is 1. The Labute approximate surface area is 262 Å². The Balaban J connectivity index is 1.36. The van der Waals surface area contributed by atoms with Gasteiger partial charge in [0.1, 0.15) is 24.6 Å². The minimum atomic E-state index is -0.842. The number of rotatable bonds is 12. The fraction of sp³-hybridized carbons (Fsp3) is 0.594. The first kappa shape index (κ1) is 33.4. The molecule has 0 saturated carbocycles. The van der Waals surface area contributed by atoms with Crippen LogP contribution < -0.4 is 15.4 Å². The summed E-state index contributed by atoms with van der Waals surface area (Å²) in [4.78, 5) is 58.2. The summed E-state index contributed by atoms with van der Waals surface area (Å²) in [5, 5.41) is 16.4. The SMILES string of the molecule is COC(=O)CCCCCCC(=O)N[C@H](C(=O)N1C[C@H](O)C[C@H]1NC(=O)[C@@H](C)c1ccc2c(c1)OCc1ncsc1-2)C(C)(C)C. The van der Waals surface area contributed by atoms with Gasteiger partial charge in [0.05, 0.1) is 35.2 Å². The van der Waals surface area contributed by atoms with E-state index < -0.39 is 29.6 Å². The van der Waals surface area contributed by atoms with Crippen LogP contribution in [0.25, 0.3) is 10.4 Å². The molecule has 3 amide bonds. The van der Waals surface area contributed by atoms with Gasteiger partial charge in [-0.25, -0.2) is 4.98 Å². The van der Waals surface area contributed by atoms with Crippen molar-refractivity contribution in [1.82, 2.24) is 20.5 Å². The van der Waals surface area contributed by atoms with Crippen LogP contribution in [0, 0.1) is 5.41 Å². The molecule has 3 heterocycles. The first-order valence-corrected chi connectivity index (χ1v) is 16.1. The van der Waals surface area contributed by atoms with Crippen molar-refractivity contribution in [3.63, 3.8) is 0 Å². The van der Waals surface area contributed by atoms with E-state index in [0.29, 0.717) is 31.6 Å². The van der Waals surface area contributed by atoms with E-state index in [-0.39, 0.29) is 43.1 Å². The smallest absolute Gasteiger partial charge is 0.305 e. The van der Waals surface area contributed by atoms with Crippen molar-refractivity contribution >= 4 is 35.0 Å². The fourth-order valence-electron chi connectivity index (χ4n) is 5.55. The van der Waals surface area contributed by atoms with E-state index in [1.807, 2.05) is 39.0 Å². The molecule has 0 unspecified atom stereocenters. The Morgan fingerprint density at radius 2 is 1.89 bits per heavy atom. The minimum absolute atomic E-state index is 0.0602. The van der Waals surface area contributed by atoms with Gasteiger partial charge >= 0.3 is 5.97 Å². The van der Waals surface area contributed by atoms with Crippen LogP contribution in [0.4, 0.5) is 0 Å². The zero-order valence-corrected chi connectivity index (χ0v) is 27.0. The molecule has 12 heteroatoms. The number of likely N-dealkylation sites (tertiary alicyclic amines) is 1. The van der Waals surface area contributed by atoms with Crippen molar-refractivity contribution in [2.45, 2.75) is 103 Å². The number of hydrogen-bond acceptors (Lipinski definition) is 9. The number of thiazole rings is 1. The summed E-state index contributed by atoms with van der Waals surface area (Å²) in [6.07, 6.45) is 2.23. The highest BCUT2D eigenvalue weighted by molar-refractivity contribution is 7.13. The molecule has 4 rings (SSSR count). The third-order valence-electron chi connectivity index (χ3n) is 8.20. The van der Waals surface area contributed by atoms with Crippen molar-refractivity contribution in [2.75, 3.05) is 13.7 Å². The fourth-order valence-corrected chi connectivity index (χ4v) is 6.37. The Morgan fingerprint density at radius 1 is 1.16 bits per heavy atom. The number of amides is 3. The summed E-state index contributed by atoms with van der Waals surface area (Å²) in [5.74, 6) is -0.932. The van der Waals surface area contributed by atoms with Crippen LogP contribution in [-0.4, -0.2) is 70.6 Å². The van der Waals surface area contributed by atoms with Crippen LogP contribution in [0.1, 0.15) is 89.8 Å². The second-order valence-electron chi connectivity index (χ2n) is 12.7. The molecule has 0 bridgehead atoms. The van der Waals surface area contributed by atoms with Gasteiger partial charge in [-0.2, -0.15) is 0 Å². The van der Waals surface area contributed by atoms with Crippen molar-refractivity contribution < 1.29 is 33.8 Å². The maximum Gasteiger partial charge on any atom is 0.305 e. The summed E-state index contributed by atoms with van der Waals surface area (Å²) >= 11 is 1.56. The third-order valence-corrected chi connectivity index (χ3v) is 9.10. The lowest BCUT2D eigenvalue weighted by molar-refractivity contribution is -0.142. The molecule has 2 aliphatic rings. The van der Waals surface area contributed by atoms with Gasteiger partial charge in [-0.15, -0.1) is 11.3 Å². The molecule has 1 aromatic carbocycles. The number of hydrogen-bond donors (Lipinski definition) is 3. The molecule has 44 heavy (non-hydrogen) atoms. The molecule has 0 spiro atoms. The number of carbonyl (C=O) groups excluding carboxylic acids is 4. The van der Waals surface area contributed by atoms with Gasteiger partial charge in [0.25, 0.3) is 0 Å². The summed E-state index contributed by atoms with van der Waals surface area (Å²) < 4.78 is 10.5. The molecule has 1 saturated heterocycles. The average Bonchev–Trinajstić information content (AvgIpc) is 3.62. The van der Waals surface area contributed by atoms with Gasteiger partial charge in [-0.3, -0.25) is 19.2 Å². The zero-order chi connectivity index (χ0) is 32.0. The number of aliphatic hydroxyl groups excluding tert-OH is 1. The van der Waals surface area contributed by atoms with Crippen LogP contribution >= 0.6 is 11.3 Å².